The van der Waals surface area contributed by atoms with Crippen LogP contribution in [0.4, 0.5) is 10.1 Å². The number of nitrogens with one attached hydrogen (secondary N) is 1. The molecule has 6 nitrogen and oxygen atoms in total. The van der Waals surface area contributed by atoms with Gasteiger partial charge in [-0.1, -0.05) is 18.2 Å². The fourth-order valence-corrected chi connectivity index (χ4v) is 3.21. The zero-order chi connectivity index (χ0) is 19.3. The number of benzene rings is 2. The molecule has 0 unspecified atom stereocenters. The molecule has 0 bridgehead atoms. The van der Waals surface area contributed by atoms with Crippen LogP contribution in [0.2, 0.25) is 0 Å². The summed E-state index contributed by atoms with van der Waals surface area (Å²) in [5.74, 6) is -1.40. The van der Waals surface area contributed by atoms with Crippen molar-refractivity contribution in [1.82, 2.24) is 0 Å². The van der Waals surface area contributed by atoms with E-state index in [1.54, 1.807) is 36.4 Å². The van der Waals surface area contributed by atoms with E-state index in [-0.39, 0.29) is 5.91 Å². The number of carbonyl (C=O) groups is 2. The van der Waals surface area contributed by atoms with Crippen molar-refractivity contribution in [3.05, 3.63) is 59.9 Å². The maximum atomic E-state index is 13.8. The number of carboxylic acids is 1. The molecule has 1 fully saturated rings. The second-order valence-electron chi connectivity index (χ2n) is 6.37. The van der Waals surface area contributed by atoms with E-state index in [2.05, 4.69) is 5.32 Å². The average Bonchev–Trinajstić information content (AvgIpc) is 2.67. The molecule has 27 heavy (non-hydrogen) atoms. The van der Waals surface area contributed by atoms with Crippen molar-refractivity contribution in [2.24, 2.45) is 0 Å². The van der Waals surface area contributed by atoms with E-state index in [9.17, 15) is 14.0 Å². The van der Waals surface area contributed by atoms with Gasteiger partial charge in [0.15, 0.2) is 6.61 Å². The first-order valence-corrected chi connectivity index (χ1v) is 8.59. The Hall–Kier alpha value is -2.93. The molecule has 1 aliphatic heterocycles. The van der Waals surface area contributed by atoms with Crippen LogP contribution in [0.25, 0.3) is 0 Å². The molecule has 3 rings (SSSR count). The number of hydrogen-bond acceptors (Lipinski definition) is 4. The summed E-state index contributed by atoms with van der Waals surface area (Å²) < 4.78 is 24.3. The lowest BCUT2D eigenvalue weighted by atomic mass is 9.73. The molecule has 0 saturated carbocycles. The van der Waals surface area contributed by atoms with E-state index >= 15 is 0 Å². The van der Waals surface area contributed by atoms with Gasteiger partial charge in [-0.3, -0.25) is 4.79 Å². The van der Waals surface area contributed by atoms with E-state index in [0.29, 0.717) is 43.1 Å². The molecule has 0 atom stereocenters. The predicted molar refractivity (Wildman–Crippen MR) is 96.3 cm³/mol. The maximum Gasteiger partial charge on any atom is 0.341 e. The minimum absolute atomic E-state index is 0.258. The number of rotatable bonds is 6. The number of hydrogen-bond donors (Lipinski definition) is 2. The summed E-state index contributed by atoms with van der Waals surface area (Å²) in [6, 6.07) is 12.6. The van der Waals surface area contributed by atoms with Crippen LogP contribution in [0.1, 0.15) is 18.4 Å². The van der Waals surface area contributed by atoms with Crippen molar-refractivity contribution in [3.8, 4) is 5.75 Å². The second-order valence-corrected chi connectivity index (χ2v) is 6.37. The van der Waals surface area contributed by atoms with Crippen molar-refractivity contribution in [3.63, 3.8) is 0 Å². The standard InChI is InChI=1S/C20H20FNO5/c21-15-4-1-3-14(11-15)20(7-9-26-10-8-20)19(25)22-16-5-2-6-17(12-16)27-13-18(23)24/h1-6,11-12H,7-10,13H2,(H,22,25)(H,23,24). The number of carboxylic acid groups (broad SMARTS) is 1. The molecule has 2 aromatic carbocycles. The Morgan fingerprint density at radius 3 is 2.59 bits per heavy atom. The van der Waals surface area contributed by atoms with Gasteiger partial charge in [0.2, 0.25) is 5.91 Å². The molecule has 2 N–H and O–H groups in total. The van der Waals surface area contributed by atoms with Gasteiger partial charge < -0.3 is 19.9 Å². The molecule has 7 heteroatoms. The summed E-state index contributed by atoms with van der Waals surface area (Å²) in [5, 5.41) is 11.6. The highest BCUT2D eigenvalue weighted by molar-refractivity contribution is 5.99. The van der Waals surface area contributed by atoms with Crippen LogP contribution in [0.5, 0.6) is 5.75 Å². The Balaban J connectivity index is 1.83. The zero-order valence-electron chi connectivity index (χ0n) is 14.6. The van der Waals surface area contributed by atoms with Crippen molar-refractivity contribution in [2.45, 2.75) is 18.3 Å². The van der Waals surface area contributed by atoms with Crippen LogP contribution in [-0.4, -0.2) is 36.8 Å². The summed E-state index contributed by atoms with van der Waals surface area (Å²) in [6.45, 7) is 0.347. The first-order valence-electron chi connectivity index (χ1n) is 8.59. The largest absolute Gasteiger partial charge is 0.482 e. The summed E-state index contributed by atoms with van der Waals surface area (Å²) >= 11 is 0. The highest BCUT2D eigenvalue weighted by Crippen LogP contribution is 2.36. The maximum absolute atomic E-state index is 13.8. The molecule has 0 radical (unpaired) electrons. The first-order chi connectivity index (χ1) is 13.0. The Labute approximate surface area is 155 Å². The van der Waals surface area contributed by atoms with Gasteiger partial charge in [-0.25, -0.2) is 9.18 Å². The van der Waals surface area contributed by atoms with E-state index in [0.717, 1.165) is 0 Å². The van der Waals surface area contributed by atoms with Crippen molar-refractivity contribution >= 4 is 17.6 Å². The summed E-state index contributed by atoms with van der Waals surface area (Å²) in [7, 11) is 0. The lowest BCUT2D eigenvalue weighted by Crippen LogP contribution is -2.44. The van der Waals surface area contributed by atoms with Crippen LogP contribution in [0.15, 0.2) is 48.5 Å². The third kappa shape index (κ3) is 4.43. The highest BCUT2D eigenvalue weighted by Gasteiger charge is 2.42. The fourth-order valence-electron chi connectivity index (χ4n) is 3.21. The molecule has 1 aliphatic rings. The minimum Gasteiger partial charge on any atom is -0.482 e. The minimum atomic E-state index is -1.09. The van der Waals surface area contributed by atoms with Crippen LogP contribution < -0.4 is 10.1 Å². The van der Waals surface area contributed by atoms with Gasteiger partial charge in [-0.15, -0.1) is 0 Å². The summed E-state index contributed by atoms with van der Waals surface area (Å²) in [6.07, 6.45) is 0.884. The molecule has 2 aromatic rings. The number of aliphatic carboxylic acids is 1. The smallest absolute Gasteiger partial charge is 0.341 e. The van der Waals surface area contributed by atoms with E-state index in [4.69, 9.17) is 14.6 Å². The van der Waals surface area contributed by atoms with E-state index in [1.165, 1.54) is 12.1 Å². The zero-order valence-corrected chi connectivity index (χ0v) is 14.6. The fraction of sp³-hybridized carbons (Fsp3) is 0.300. The number of amides is 1. The third-order valence-electron chi connectivity index (χ3n) is 4.61. The predicted octanol–water partition coefficient (Wildman–Crippen LogP) is 2.98. The average molecular weight is 373 g/mol. The number of carbonyl (C=O) groups excluding carboxylic acids is 1. The summed E-state index contributed by atoms with van der Waals surface area (Å²) in [4.78, 5) is 23.8. The van der Waals surface area contributed by atoms with Gasteiger partial charge in [0.1, 0.15) is 11.6 Å². The number of anilines is 1. The molecule has 0 aromatic heterocycles. The molecule has 0 spiro atoms. The van der Waals surface area contributed by atoms with Crippen molar-refractivity contribution in [2.75, 3.05) is 25.1 Å². The second kappa shape index (κ2) is 8.18. The van der Waals surface area contributed by atoms with Gasteiger partial charge in [0.25, 0.3) is 0 Å². The Morgan fingerprint density at radius 2 is 1.89 bits per heavy atom. The van der Waals surface area contributed by atoms with Crippen molar-refractivity contribution < 1.29 is 28.6 Å². The quantitative estimate of drug-likeness (QED) is 0.813. The molecular formula is C20H20FNO5. The Morgan fingerprint density at radius 1 is 1.15 bits per heavy atom. The molecule has 0 aliphatic carbocycles. The first kappa shape index (κ1) is 18.8. The third-order valence-corrected chi connectivity index (χ3v) is 4.61. The molecule has 1 saturated heterocycles. The van der Waals surface area contributed by atoms with Crippen molar-refractivity contribution in [1.29, 1.82) is 0 Å². The lowest BCUT2D eigenvalue weighted by Gasteiger charge is -2.36. The van der Waals surface area contributed by atoms with Gasteiger partial charge in [-0.05, 0) is 42.7 Å². The van der Waals surface area contributed by atoms with Gasteiger partial charge in [0, 0.05) is 25.0 Å². The molecular weight excluding hydrogens is 353 g/mol. The highest BCUT2D eigenvalue weighted by atomic mass is 19.1. The van der Waals surface area contributed by atoms with Crippen LogP contribution in [-0.2, 0) is 19.7 Å². The van der Waals surface area contributed by atoms with Gasteiger partial charge in [-0.2, -0.15) is 0 Å². The molecule has 1 amide bonds. The Bertz CT molecular complexity index is 833. The topological polar surface area (TPSA) is 84.9 Å². The van der Waals surface area contributed by atoms with Crippen LogP contribution in [0, 0.1) is 5.82 Å². The SMILES string of the molecule is O=C(O)COc1cccc(NC(=O)C2(c3cccc(F)c3)CCOCC2)c1. The number of ether oxygens (including phenoxy) is 2. The summed E-state index contributed by atoms with van der Waals surface area (Å²) in [5.41, 5.74) is 0.199. The number of halogens is 1. The van der Waals surface area contributed by atoms with Gasteiger partial charge in [0.05, 0.1) is 5.41 Å². The van der Waals surface area contributed by atoms with Crippen LogP contribution >= 0.6 is 0 Å². The lowest BCUT2D eigenvalue weighted by molar-refractivity contribution is -0.139. The normalized spacial score (nSPS) is 15.7. The molecule has 142 valence electrons. The van der Waals surface area contributed by atoms with E-state index in [1.807, 2.05) is 0 Å². The monoisotopic (exact) mass is 373 g/mol. The molecule has 1 heterocycles. The van der Waals surface area contributed by atoms with Gasteiger partial charge >= 0.3 is 5.97 Å². The van der Waals surface area contributed by atoms with E-state index < -0.39 is 23.8 Å². The Kier molecular flexibility index (Phi) is 5.71. The van der Waals surface area contributed by atoms with Crippen LogP contribution in [0.3, 0.4) is 0 Å².